The van der Waals surface area contributed by atoms with Crippen molar-refractivity contribution >= 4 is 27.8 Å². The highest BCUT2D eigenvalue weighted by atomic mass is 32.1. The number of benzene rings is 1. The summed E-state index contributed by atoms with van der Waals surface area (Å²) in [7, 11) is 1.90. The molecule has 0 saturated heterocycles. The number of thiazole rings is 1. The second-order valence-corrected chi connectivity index (χ2v) is 5.54. The minimum Gasteiger partial charge on any atom is -0.323 e. The van der Waals surface area contributed by atoms with E-state index >= 15 is 0 Å². The molecule has 0 radical (unpaired) electrons. The van der Waals surface area contributed by atoms with Gasteiger partial charge in [0.05, 0.1) is 11.4 Å². The zero-order chi connectivity index (χ0) is 14.8. The predicted molar refractivity (Wildman–Crippen MR) is 84.9 cm³/mol. The van der Waals surface area contributed by atoms with Crippen LogP contribution in [0, 0.1) is 5.82 Å². The molecule has 0 saturated carbocycles. The second-order valence-electron chi connectivity index (χ2n) is 4.66. The van der Waals surface area contributed by atoms with Gasteiger partial charge in [-0.25, -0.2) is 9.37 Å². The quantitative estimate of drug-likeness (QED) is 0.784. The maximum Gasteiger partial charge on any atom is 0.195 e. The number of nitrogens with one attached hydrogen (secondary N) is 1. The minimum atomic E-state index is -0.230. The smallest absolute Gasteiger partial charge is 0.195 e. The largest absolute Gasteiger partial charge is 0.323 e. The van der Waals surface area contributed by atoms with Crippen LogP contribution in [0.2, 0.25) is 0 Å². The summed E-state index contributed by atoms with van der Waals surface area (Å²) in [5.41, 5.74) is 1.60. The third-order valence-corrected chi connectivity index (χ3v) is 4.16. The Morgan fingerprint density at radius 1 is 1.38 bits per heavy atom. The third kappa shape index (κ3) is 2.41. The van der Waals surface area contributed by atoms with Crippen LogP contribution in [0.3, 0.4) is 0 Å². The van der Waals surface area contributed by atoms with Gasteiger partial charge in [-0.1, -0.05) is 12.1 Å². The summed E-state index contributed by atoms with van der Waals surface area (Å²) in [6, 6.07) is 6.81. The standard InChI is InChI=1S/C15H17FN4S/c1-3-19(12-7-5-4-6-11(12)16)14-13(10-17-2)20-8-9-21-15(20)18-14/h4-9,17H,3,10H2,1-2H3. The van der Waals surface area contributed by atoms with Gasteiger partial charge in [0.25, 0.3) is 0 Å². The van der Waals surface area contributed by atoms with Crippen LogP contribution in [-0.2, 0) is 6.54 Å². The van der Waals surface area contributed by atoms with E-state index in [1.54, 1.807) is 23.5 Å². The highest BCUT2D eigenvalue weighted by Crippen LogP contribution is 2.31. The fourth-order valence-electron chi connectivity index (χ4n) is 2.47. The molecule has 0 atom stereocenters. The van der Waals surface area contributed by atoms with E-state index in [0.717, 1.165) is 16.5 Å². The van der Waals surface area contributed by atoms with E-state index in [2.05, 4.69) is 14.7 Å². The molecule has 0 aliphatic heterocycles. The first-order chi connectivity index (χ1) is 10.3. The summed E-state index contributed by atoms with van der Waals surface area (Å²) >= 11 is 1.58. The molecule has 6 heteroatoms. The molecule has 0 amide bonds. The van der Waals surface area contributed by atoms with E-state index in [9.17, 15) is 4.39 Å². The molecule has 110 valence electrons. The molecule has 2 heterocycles. The van der Waals surface area contributed by atoms with Gasteiger partial charge in [-0.3, -0.25) is 4.40 Å². The Morgan fingerprint density at radius 3 is 2.90 bits per heavy atom. The molecule has 3 rings (SSSR count). The molecule has 3 aromatic rings. The molecule has 0 bridgehead atoms. The van der Waals surface area contributed by atoms with Crippen molar-refractivity contribution in [1.82, 2.24) is 14.7 Å². The average Bonchev–Trinajstić information content (AvgIpc) is 3.05. The summed E-state index contributed by atoms with van der Waals surface area (Å²) in [6.45, 7) is 3.34. The number of rotatable bonds is 5. The maximum absolute atomic E-state index is 14.1. The topological polar surface area (TPSA) is 32.6 Å². The van der Waals surface area contributed by atoms with Crippen LogP contribution in [0.5, 0.6) is 0 Å². The van der Waals surface area contributed by atoms with Crippen molar-refractivity contribution in [2.75, 3.05) is 18.5 Å². The highest BCUT2D eigenvalue weighted by molar-refractivity contribution is 7.15. The monoisotopic (exact) mass is 304 g/mol. The van der Waals surface area contributed by atoms with E-state index in [1.165, 1.54) is 6.07 Å². The van der Waals surface area contributed by atoms with Gasteiger partial charge in [-0.05, 0) is 26.1 Å². The van der Waals surface area contributed by atoms with Gasteiger partial charge in [0, 0.05) is 24.7 Å². The number of hydrogen-bond acceptors (Lipinski definition) is 4. The lowest BCUT2D eigenvalue weighted by molar-refractivity contribution is 0.625. The summed E-state index contributed by atoms with van der Waals surface area (Å²) < 4.78 is 16.2. The van der Waals surface area contributed by atoms with Crippen molar-refractivity contribution in [1.29, 1.82) is 0 Å². The van der Waals surface area contributed by atoms with Gasteiger partial charge in [0.2, 0.25) is 0 Å². The number of aromatic nitrogens is 2. The Bertz CT molecular complexity index is 749. The van der Waals surface area contributed by atoms with Crippen molar-refractivity contribution in [2.45, 2.75) is 13.5 Å². The number of anilines is 2. The van der Waals surface area contributed by atoms with Crippen molar-refractivity contribution in [3.63, 3.8) is 0 Å². The number of imidazole rings is 1. The van der Waals surface area contributed by atoms with Crippen LogP contribution < -0.4 is 10.2 Å². The third-order valence-electron chi connectivity index (χ3n) is 3.40. The molecule has 0 aliphatic rings. The number of fused-ring (bicyclic) bond motifs is 1. The first-order valence-corrected chi connectivity index (χ1v) is 7.75. The Hall–Kier alpha value is -1.92. The zero-order valence-electron chi connectivity index (χ0n) is 12.0. The van der Waals surface area contributed by atoms with Gasteiger partial charge in [0.1, 0.15) is 5.82 Å². The molecule has 2 aromatic heterocycles. The Kier molecular flexibility index (Phi) is 3.90. The fourth-order valence-corrected chi connectivity index (χ4v) is 3.20. The van der Waals surface area contributed by atoms with Crippen LogP contribution in [0.15, 0.2) is 35.8 Å². The SMILES string of the molecule is CCN(c1ccccc1F)c1nc2sccn2c1CNC. The lowest BCUT2D eigenvalue weighted by atomic mass is 10.2. The number of halogens is 1. The Balaban J connectivity index is 2.14. The van der Waals surface area contributed by atoms with Gasteiger partial charge in [-0.15, -0.1) is 11.3 Å². The lowest BCUT2D eigenvalue weighted by Crippen LogP contribution is -2.21. The van der Waals surface area contributed by atoms with Gasteiger partial charge in [0.15, 0.2) is 10.8 Å². The second kappa shape index (κ2) is 5.83. The lowest BCUT2D eigenvalue weighted by Gasteiger charge is -2.22. The maximum atomic E-state index is 14.1. The van der Waals surface area contributed by atoms with Crippen molar-refractivity contribution < 1.29 is 4.39 Å². The molecular weight excluding hydrogens is 287 g/mol. The number of nitrogens with zero attached hydrogens (tertiary/aromatic N) is 3. The van der Waals surface area contributed by atoms with E-state index < -0.39 is 0 Å². The molecule has 1 aromatic carbocycles. The van der Waals surface area contributed by atoms with Crippen LogP contribution >= 0.6 is 11.3 Å². The van der Waals surface area contributed by atoms with Crippen LogP contribution in [-0.4, -0.2) is 23.0 Å². The van der Waals surface area contributed by atoms with Crippen LogP contribution in [0.25, 0.3) is 4.96 Å². The normalized spacial score (nSPS) is 11.2. The number of para-hydroxylation sites is 1. The van der Waals surface area contributed by atoms with Gasteiger partial charge < -0.3 is 10.2 Å². The van der Waals surface area contributed by atoms with Crippen LogP contribution in [0.4, 0.5) is 15.9 Å². The first kappa shape index (κ1) is 14.0. The number of hydrogen-bond donors (Lipinski definition) is 1. The van der Waals surface area contributed by atoms with Crippen molar-refractivity contribution in [3.8, 4) is 0 Å². The van der Waals surface area contributed by atoms with Crippen LogP contribution in [0.1, 0.15) is 12.6 Å². The van der Waals surface area contributed by atoms with Crippen molar-refractivity contribution in [2.24, 2.45) is 0 Å². The predicted octanol–water partition coefficient (Wildman–Crippen LogP) is 3.41. The zero-order valence-corrected chi connectivity index (χ0v) is 12.8. The minimum absolute atomic E-state index is 0.230. The summed E-state index contributed by atoms with van der Waals surface area (Å²) in [6.07, 6.45) is 2.00. The van der Waals surface area contributed by atoms with Crippen molar-refractivity contribution in [3.05, 3.63) is 47.4 Å². The Labute approximate surface area is 126 Å². The molecule has 0 unspecified atom stereocenters. The van der Waals surface area contributed by atoms with Gasteiger partial charge in [-0.2, -0.15) is 0 Å². The average molecular weight is 304 g/mol. The highest BCUT2D eigenvalue weighted by Gasteiger charge is 2.20. The molecular formula is C15H17FN4S. The van der Waals surface area contributed by atoms with E-state index in [-0.39, 0.29) is 5.82 Å². The summed E-state index contributed by atoms with van der Waals surface area (Å²) in [5.74, 6) is 0.579. The summed E-state index contributed by atoms with van der Waals surface area (Å²) in [5, 5.41) is 5.17. The van der Waals surface area contributed by atoms with Gasteiger partial charge >= 0.3 is 0 Å². The fraction of sp³-hybridized carbons (Fsp3) is 0.267. The Morgan fingerprint density at radius 2 is 2.19 bits per heavy atom. The molecule has 0 spiro atoms. The summed E-state index contributed by atoms with van der Waals surface area (Å²) in [4.78, 5) is 7.52. The van der Waals surface area contributed by atoms with E-state index in [1.807, 2.05) is 36.5 Å². The molecule has 21 heavy (non-hydrogen) atoms. The first-order valence-electron chi connectivity index (χ1n) is 6.87. The molecule has 0 fully saturated rings. The molecule has 0 aliphatic carbocycles. The molecule has 4 nitrogen and oxygen atoms in total. The van der Waals surface area contributed by atoms with E-state index in [0.29, 0.717) is 18.8 Å². The molecule has 1 N–H and O–H groups in total. The van der Waals surface area contributed by atoms with E-state index in [4.69, 9.17) is 0 Å².